The SMILES string of the molecule is C#CCNC(=NCCCN1CC(C)CC(C)C1)NCC.I. The van der Waals surface area contributed by atoms with E-state index in [0.717, 1.165) is 43.9 Å². The molecular weight excluding hydrogens is 375 g/mol. The van der Waals surface area contributed by atoms with Crippen LogP contribution in [0.3, 0.4) is 0 Å². The second-order valence-corrected chi connectivity index (χ2v) is 5.88. The zero-order valence-corrected chi connectivity index (χ0v) is 16.0. The van der Waals surface area contributed by atoms with Gasteiger partial charge in [-0.25, -0.2) is 0 Å². The van der Waals surface area contributed by atoms with Crippen LogP contribution >= 0.6 is 24.0 Å². The Morgan fingerprint density at radius 2 is 1.95 bits per heavy atom. The summed E-state index contributed by atoms with van der Waals surface area (Å²) in [6.45, 7) is 12.6. The van der Waals surface area contributed by atoms with Crippen molar-refractivity contribution in [1.29, 1.82) is 0 Å². The molecule has 4 nitrogen and oxygen atoms in total. The van der Waals surface area contributed by atoms with Crippen molar-refractivity contribution < 1.29 is 0 Å². The Labute approximate surface area is 147 Å². The second kappa shape index (κ2) is 12.1. The Morgan fingerprint density at radius 1 is 1.29 bits per heavy atom. The zero-order chi connectivity index (χ0) is 14.8. The van der Waals surface area contributed by atoms with E-state index in [2.05, 4.69) is 47.2 Å². The Balaban J connectivity index is 0.00000400. The largest absolute Gasteiger partial charge is 0.357 e. The molecule has 0 aromatic heterocycles. The lowest BCUT2D eigenvalue weighted by atomic mass is 9.92. The molecule has 1 saturated heterocycles. The third-order valence-corrected chi connectivity index (χ3v) is 3.55. The lowest BCUT2D eigenvalue weighted by Gasteiger charge is -2.34. The Morgan fingerprint density at radius 3 is 2.52 bits per heavy atom. The van der Waals surface area contributed by atoms with Gasteiger partial charge in [-0.3, -0.25) is 4.99 Å². The highest BCUT2D eigenvalue weighted by Gasteiger charge is 2.20. The molecule has 0 aliphatic carbocycles. The Hall–Kier alpha value is -0.480. The van der Waals surface area contributed by atoms with Crippen molar-refractivity contribution in [2.45, 2.75) is 33.6 Å². The molecule has 1 aliphatic heterocycles. The van der Waals surface area contributed by atoms with Crippen LogP contribution in [0.15, 0.2) is 4.99 Å². The molecule has 21 heavy (non-hydrogen) atoms. The fourth-order valence-corrected chi connectivity index (χ4v) is 2.94. The molecule has 1 fully saturated rings. The molecule has 0 spiro atoms. The predicted octanol–water partition coefficient (Wildman–Crippen LogP) is 2.16. The van der Waals surface area contributed by atoms with Gasteiger partial charge in [0.1, 0.15) is 0 Å². The normalized spacial score (nSPS) is 23.0. The first kappa shape index (κ1) is 20.5. The van der Waals surface area contributed by atoms with Crippen molar-refractivity contribution in [3.8, 4) is 12.3 Å². The summed E-state index contributed by atoms with van der Waals surface area (Å²) in [5, 5.41) is 6.31. The van der Waals surface area contributed by atoms with Crippen molar-refractivity contribution in [3.63, 3.8) is 0 Å². The van der Waals surface area contributed by atoms with Crippen molar-refractivity contribution >= 4 is 29.9 Å². The summed E-state index contributed by atoms with van der Waals surface area (Å²) in [5.74, 6) is 5.05. The molecule has 1 aliphatic rings. The van der Waals surface area contributed by atoms with Gasteiger partial charge in [0.05, 0.1) is 6.54 Å². The summed E-state index contributed by atoms with van der Waals surface area (Å²) in [6, 6.07) is 0. The first-order valence-electron chi connectivity index (χ1n) is 7.83. The number of hydrogen-bond acceptors (Lipinski definition) is 2. The maximum atomic E-state index is 5.25. The van der Waals surface area contributed by atoms with Gasteiger partial charge in [0.25, 0.3) is 0 Å². The van der Waals surface area contributed by atoms with Crippen molar-refractivity contribution in [2.75, 3.05) is 39.3 Å². The first-order chi connectivity index (χ1) is 9.65. The van der Waals surface area contributed by atoms with E-state index in [1.807, 2.05) is 0 Å². The van der Waals surface area contributed by atoms with E-state index >= 15 is 0 Å². The maximum Gasteiger partial charge on any atom is 0.192 e. The van der Waals surface area contributed by atoms with Crippen LogP contribution in [-0.2, 0) is 0 Å². The van der Waals surface area contributed by atoms with Crippen LogP contribution in [0.4, 0.5) is 0 Å². The number of aliphatic imine (C=N–C) groups is 1. The first-order valence-corrected chi connectivity index (χ1v) is 7.83. The van der Waals surface area contributed by atoms with Gasteiger partial charge in [0, 0.05) is 26.2 Å². The number of nitrogens with zero attached hydrogens (tertiary/aromatic N) is 2. The van der Waals surface area contributed by atoms with Crippen LogP contribution < -0.4 is 10.6 Å². The number of halogens is 1. The van der Waals surface area contributed by atoms with Gasteiger partial charge in [0.2, 0.25) is 0 Å². The zero-order valence-electron chi connectivity index (χ0n) is 13.7. The highest BCUT2D eigenvalue weighted by Crippen LogP contribution is 2.20. The molecule has 0 amide bonds. The van der Waals surface area contributed by atoms with E-state index in [1.165, 1.54) is 19.5 Å². The molecule has 2 N–H and O–H groups in total. The summed E-state index contributed by atoms with van der Waals surface area (Å²) >= 11 is 0. The van der Waals surface area contributed by atoms with Gasteiger partial charge in [-0.15, -0.1) is 30.4 Å². The van der Waals surface area contributed by atoms with E-state index in [4.69, 9.17) is 6.42 Å². The maximum absolute atomic E-state index is 5.25. The fourth-order valence-electron chi connectivity index (χ4n) is 2.94. The monoisotopic (exact) mass is 406 g/mol. The minimum Gasteiger partial charge on any atom is -0.357 e. The third-order valence-electron chi connectivity index (χ3n) is 3.55. The van der Waals surface area contributed by atoms with Crippen molar-refractivity contribution in [2.24, 2.45) is 16.8 Å². The number of hydrogen-bond donors (Lipinski definition) is 2. The van der Waals surface area contributed by atoms with E-state index in [0.29, 0.717) is 6.54 Å². The topological polar surface area (TPSA) is 39.7 Å². The standard InChI is InChI=1S/C16H30N4.HI/c1-5-8-18-16(17-6-2)19-9-7-10-20-12-14(3)11-15(4)13-20;/h1,14-15H,6-13H2,2-4H3,(H2,17,18,19);1H. The summed E-state index contributed by atoms with van der Waals surface area (Å²) < 4.78 is 0. The number of terminal acetylenes is 1. The average molecular weight is 406 g/mol. The molecule has 0 bridgehead atoms. The number of rotatable bonds is 6. The number of piperidine rings is 1. The molecule has 1 heterocycles. The molecular formula is C16H31IN4. The van der Waals surface area contributed by atoms with Crippen molar-refractivity contribution in [3.05, 3.63) is 0 Å². The summed E-state index contributed by atoms with van der Waals surface area (Å²) in [5.41, 5.74) is 0. The average Bonchev–Trinajstić information content (AvgIpc) is 2.39. The van der Waals surface area contributed by atoms with Gasteiger partial charge < -0.3 is 15.5 Å². The van der Waals surface area contributed by atoms with E-state index in [1.54, 1.807) is 0 Å². The molecule has 1 rings (SSSR count). The van der Waals surface area contributed by atoms with Crippen LogP contribution in [-0.4, -0.2) is 50.1 Å². The molecule has 0 aromatic carbocycles. The lowest BCUT2D eigenvalue weighted by Crippen LogP contribution is -2.39. The number of nitrogens with one attached hydrogen (secondary N) is 2. The molecule has 0 radical (unpaired) electrons. The quantitative estimate of drug-likeness (QED) is 0.234. The summed E-state index contributed by atoms with van der Waals surface area (Å²) in [7, 11) is 0. The van der Waals surface area contributed by atoms with Crippen LogP contribution in [0.1, 0.15) is 33.6 Å². The van der Waals surface area contributed by atoms with Crippen LogP contribution in [0.25, 0.3) is 0 Å². The minimum absolute atomic E-state index is 0. The van der Waals surface area contributed by atoms with E-state index in [9.17, 15) is 0 Å². The van der Waals surface area contributed by atoms with Gasteiger partial charge in [-0.1, -0.05) is 19.8 Å². The molecule has 5 heteroatoms. The molecule has 0 saturated carbocycles. The third kappa shape index (κ3) is 9.20. The molecule has 122 valence electrons. The summed E-state index contributed by atoms with van der Waals surface area (Å²) in [4.78, 5) is 7.13. The smallest absolute Gasteiger partial charge is 0.192 e. The summed E-state index contributed by atoms with van der Waals surface area (Å²) in [6.07, 6.45) is 7.72. The predicted molar refractivity (Wildman–Crippen MR) is 102 cm³/mol. The van der Waals surface area contributed by atoms with E-state index in [-0.39, 0.29) is 24.0 Å². The number of guanidine groups is 1. The van der Waals surface area contributed by atoms with Gasteiger partial charge in [-0.05, 0) is 38.1 Å². The van der Waals surface area contributed by atoms with Crippen LogP contribution in [0.5, 0.6) is 0 Å². The Kier molecular flexibility index (Phi) is 11.8. The van der Waals surface area contributed by atoms with Crippen molar-refractivity contribution in [1.82, 2.24) is 15.5 Å². The van der Waals surface area contributed by atoms with Crippen LogP contribution in [0, 0.1) is 24.2 Å². The Bertz CT molecular complexity index is 328. The highest BCUT2D eigenvalue weighted by atomic mass is 127. The van der Waals surface area contributed by atoms with Gasteiger partial charge >= 0.3 is 0 Å². The second-order valence-electron chi connectivity index (χ2n) is 5.88. The van der Waals surface area contributed by atoms with Gasteiger partial charge in [0.15, 0.2) is 5.96 Å². The van der Waals surface area contributed by atoms with E-state index < -0.39 is 0 Å². The highest BCUT2D eigenvalue weighted by molar-refractivity contribution is 14.0. The molecule has 2 atom stereocenters. The number of likely N-dealkylation sites (tertiary alicyclic amines) is 1. The van der Waals surface area contributed by atoms with Crippen LogP contribution in [0.2, 0.25) is 0 Å². The fraction of sp³-hybridized carbons (Fsp3) is 0.812. The molecule has 2 unspecified atom stereocenters. The molecule has 0 aromatic rings. The minimum atomic E-state index is 0. The lowest BCUT2D eigenvalue weighted by molar-refractivity contribution is 0.140. The van der Waals surface area contributed by atoms with Gasteiger partial charge in [-0.2, -0.15) is 0 Å².